The molecule has 0 bridgehead atoms. The minimum absolute atomic E-state index is 0.265. The van der Waals surface area contributed by atoms with Gasteiger partial charge in [-0.05, 0) is 55.3 Å². The molecule has 1 atom stereocenters. The molecule has 1 unspecified atom stereocenters. The van der Waals surface area contributed by atoms with Crippen LogP contribution in [0.25, 0.3) is 0 Å². The van der Waals surface area contributed by atoms with Gasteiger partial charge in [-0.3, -0.25) is 0 Å². The maximum absolute atomic E-state index is 12.8. The van der Waals surface area contributed by atoms with Gasteiger partial charge < -0.3 is 5.32 Å². The summed E-state index contributed by atoms with van der Waals surface area (Å²) in [5, 5.41) is 3.63. The van der Waals surface area contributed by atoms with E-state index >= 15 is 0 Å². The van der Waals surface area contributed by atoms with Gasteiger partial charge in [-0.1, -0.05) is 33.1 Å². The maximum Gasteiger partial charge on any atom is 0.243 e. The third-order valence-electron chi connectivity index (χ3n) is 5.33. The zero-order chi connectivity index (χ0) is 18.0. The topological polar surface area (TPSA) is 61.4 Å². The molecule has 25 heavy (non-hydrogen) atoms. The fraction of sp³-hybridized carbons (Fsp3) is 0.667. The number of hydrogen-bond acceptors (Lipinski definition) is 5. The smallest absolute Gasteiger partial charge is 0.243 e. The molecule has 1 aliphatic heterocycles. The number of aryl methyl sites for hydroxylation is 1. The van der Waals surface area contributed by atoms with E-state index in [-0.39, 0.29) is 6.17 Å². The molecule has 5 nitrogen and oxygen atoms in total. The Kier molecular flexibility index (Phi) is 5.98. The van der Waals surface area contributed by atoms with Crippen molar-refractivity contribution in [1.82, 2.24) is 9.03 Å². The summed E-state index contributed by atoms with van der Waals surface area (Å²) in [7, 11) is -3.43. The van der Waals surface area contributed by atoms with E-state index in [1.807, 2.05) is 26.8 Å². The maximum atomic E-state index is 12.8. The van der Waals surface area contributed by atoms with Crippen LogP contribution in [0.1, 0.15) is 51.5 Å². The fourth-order valence-electron chi connectivity index (χ4n) is 3.84. The van der Waals surface area contributed by atoms with Gasteiger partial charge in [0.25, 0.3) is 0 Å². The lowest BCUT2D eigenvalue weighted by Crippen LogP contribution is -2.42. The van der Waals surface area contributed by atoms with Crippen LogP contribution in [0.5, 0.6) is 0 Å². The number of hydrogen-bond donors (Lipinski definition) is 2. The molecule has 0 spiro atoms. The Bertz CT molecular complexity index is 711. The second-order valence-electron chi connectivity index (χ2n) is 6.94. The summed E-state index contributed by atoms with van der Waals surface area (Å²) in [6.07, 6.45) is 6.74. The number of nitrogens with one attached hydrogen (secondary N) is 2. The molecule has 0 amide bonds. The second kappa shape index (κ2) is 7.86. The average molecular weight is 384 g/mol. The van der Waals surface area contributed by atoms with Crippen LogP contribution in [0.2, 0.25) is 0 Å². The molecule has 2 N–H and O–H groups in total. The predicted molar refractivity (Wildman–Crippen MR) is 104 cm³/mol. The molecule has 140 valence electrons. The molecule has 1 fully saturated rings. The van der Waals surface area contributed by atoms with Crippen molar-refractivity contribution in [3.8, 4) is 0 Å². The Hall–Kier alpha value is -0.760. The molecule has 2 aliphatic rings. The lowest BCUT2D eigenvalue weighted by atomic mass is 9.87. The highest BCUT2D eigenvalue weighted by Crippen LogP contribution is 2.39. The minimum atomic E-state index is -3.43. The number of nitrogens with zero attached hydrogens (tertiary/aromatic N) is 1. The summed E-state index contributed by atoms with van der Waals surface area (Å²) < 4.78 is 30.7. The van der Waals surface area contributed by atoms with E-state index < -0.39 is 10.0 Å². The van der Waals surface area contributed by atoms with Gasteiger partial charge >= 0.3 is 0 Å². The summed E-state index contributed by atoms with van der Waals surface area (Å²) in [5.41, 5.74) is 2.08. The number of sulfonamides is 1. The van der Waals surface area contributed by atoms with Gasteiger partial charge in [-0.15, -0.1) is 0 Å². The number of fused-ring (bicyclic) bond motifs is 1. The zero-order valence-corrected chi connectivity index (χ0v) is 17.0. The van der Waals surface area contributed by atoms with Gasteiger partial charge in [-0.2, -0.15) is 4.31 Å². The standard InChI is InChI=1S/C18H29N3O2S2/c1-4-21(5-2)25(22,23)15-11-13(3)17-16(12-15)24-20-18(19-17)14-9-7-6-8-10-14/h11-12,14,18-20H,4-10H2,1-3H3. The van der Waals surface area contributed by atoms with Crippen LogP contribution >= 0.6 is 11.9 Å². The molecule has 1 aliphatic carbocycles. The Morgan fingerprint density at radius 2 is 1.84 bits per heavy atom. The van der Waals surface area contributed by atoms with Crippen molar-refractivity contribution in [2.24, 2.45) is 5.92 Å². The molecule has 0 aromatic heterocycles. The van der Waals surface area contributed by atoms with Crippen molar-refractivity contribution in [1.29, 1.82) is 0 Å². The molecular formula is C18H29N3O2S2. The van der Waals surface area contributed by atoms with Crippen molar-refractivity contribution in [3.63, 3.8) is 0 Å². The highest BCUT2D eigenvalue weighted by molar-refractivity contribution is 7.97. The van der Waals surface area contributed by atoms with E-state index in [0.717, 1.165) is 16.1 Å². The Labute approximate surface area is 156 Å². The van der Waals surface area contributed by atoms with Gasteiger partial charge in [0.15, 0.2) is 0 Å². The van der Waals surface area contributed by atoms with E-state index in [4.69, 9.17) is 0 Å². The SMILES string of the molecule is CCN(CC)S(=O)(=O)c1cc(C)c2c(c1)SNC(C1CCCCC1)N2. The summed E-state index contributed by atoms with van der Waals surface area (Å²) in [5.74, 6) is 0.646. The largest absolute Gasteiger partial charge is 0.368 e. The Morgan fingerprint density at radius 1 is 1.16 bits per heavy atom. The van der Waals surface area contributed by atoms with Crippen molar-refractivity contribution in [2.75, 3.05) is 18.4 Å². The monoisotopic (exact) mass is 383 g/mol. The Morgan fingerprint density at radius 3 is 2.48 bits per heavy atom. The first-order valence-corrected chi connectivity index (χ1v) is 11.6. The minimum Gasteiger partial charge on any atom is -0.368 e. The summed E-state index contributed by atoms with van der Waals surface area (Å²) in [6, 6.07) is 3.61. The van der Waals surface area contributed by atoms with Crippen LogP contribution < -0.4 is 10.0 Å². The first kappa shape index (κ1) is 19.0. The van der Waals surface area contributed by atoms with Crippen LogP contribution in [-0.4, -0.2) is 32.0 Å². The van der Waals surface area contributed by atoms with Crippen LogP contribution in [0.3, 0.4) is 0 Å². The molecule has 0 saturated heterocycles. The van der Waals surface area contributed by atoms with Crippen molar-refractivity contribution >= 4 is 27.7 Å². The Balaban J connectivity index is 1.86. The molecular weight excluding hydrogens is 354 g/mol. The molecule has 1 aromatic carbocycles. The van der Waals surface area contributed by atoms with Crippen LogP contribution in [0.15, 0.2) is 21.9 Å². The van der Waals surface area contributed by atoms with Gasteiger partial charge in [0.05, 0.1) is 16.7 Å². The normalized spacial score (nSPS) is 21.8. The third-order valence-corrected chi connectivity index (χ3v) is 8.27. The summed E-state index contributed by atoms with van der Waals surface area (Å²) in [6.45, 7) is 6.72. The van der Waals surface area contributed by atoms with Gasteiger partial charge in [0.2, 0.25) is 10.0 Å². The first-order valence-electron chi connectivity index (χ1n) is 9.31. The number of anilines is 1. The lowest BCUT2D eigenvalue weighted by Gasteiger charge is -2.36. The molecule has 3 rings (SSSR count). The first-order chi connectivity index (χ1) is 12.0. The fourth-order valence-corrected chi connectivity index (χ4v) is 6.50. The zero-order valence-electron chi connectivity index (χ0n) is 15.3. The lowest BCUT2D eigenvalue weighted by molar-refractivity contribution is 0.310. The van der Waals surface area contributed by atoms with E-state index in [2.05, 4.69) is 10.0 Å². The van der Waals surface area contributed by atoms with Gasteiger partial charge in [0, 0.05) is 18.0 Å². The van der Waals surface area contributed by atoms with Crippen LogP contribution in [-0.2, 0) is 10.0 Å². The van der Waals surface area contributed by atoms with E-state index in [0.29, 0.717) is 23.9 Å². The average Bonchev–Trinajstić information content (AvgIpc) is 2.63. The third kappa shape index (κ3) is 3.84. The molecule has 1 aromatic rings. The molecule has 1 saturated carbocycles. The van der Waals surface area contributed by atoms with Crippen molar-refractivity contribution in [3.05, 3.63) is 17.7 Å². The van der Waals surface area contributed by atoms with Gasteiger partial charge in [-0.25, -0.2) is 13.1 Å². The van der Waals surface area contributed by atoms with Crippen molar-refractivity contribution < 1.29 is 8.42 Å². The second-order valence-corrected chi connectivity index (χ2v) is 9.76. The number of benzene rings is 1. The molecule has 1 heterocycles. The van der Waals surface area contributed by atoms with E-state index in [1.54, 1.807) is 18.0 Å². The summed E-state index contributed by atoms with van der Waals surface area (Å²) in [4.78, 5) is 1.36. The molecule has 7 heteroatoms. The quantitative estimate of drug-likeness (QED) is 0.754. The highest BCUT2D eigenvalue weighted by atomic mass is 32.2. The molecule has 0 radical (unpaired) electrons. The predicted octanol–water partition coefficient (Wildman–Crippen LogP) is 3.95. The van der Waals surface area contributed by atoms with Crippen LogP contribution in [0.4, 0.5) is 5.69 Å². The number of rotatable bonds is 5. The summed E-state index contributed by atoms with van der Waals surface area (Å²) >= 11 is 1.57. The van der Waals surface area contributed by atoms with Crippen molar-refractivity contribution in [2.45, 2.75) is 68.8 Å². The van der Waals surface area contributed by atoms with E-state index in [1.165, 1.54) is 36.4 Å². The highest BCUT2D eigenvalue weighted by Gasteiger charge is 2.30. The van der Waals surface area contributed by atoms with Crippen LogP contribution in [0, 0.1) is 12.8 Å². The van der Waals surface area contributed by atoms with Gasteiger partial charge in [0.1, 0.15) is 0 Å². The van der Waals surface area contributed by atoms with E-state index in [9.17, 15) is 8.42 Å².